The van der Waals surface area contributed by atoms with Crippen molar-refractivity contribution in [2.45, 2.75) is 25.3 Å². The molecule has 1 saturated heterocycles. The Hall–Kier alpha value is -1.50. The summed E-state index contributed by atoms with van der Waals surface area (Å²) in [5, 5.41) is 10.0. The van der Waals surface area contributed by atoms with Gasteiger partial charge in [-0.1, -0.05) is 6.07 Å². The molecule has 24 heavy (non-hydrogen) atoms. The zero-order valence-electron chi connectivity index (χ0n) is 13.1. The summed E-state index contributed by atoms with van der Waals surface area (Å²) in [7, 11) is 0. The summed E-state index contributed by atoms with van der Waals surface area (Å²) in [5.74, 6) is -1.85. The minimum Gasteiger partial charge on any atom is -0.347 e. The van der Waals surface area contributed by atoms with Gasteiger partial charge in [0.2, 0.25) is 0 Å². The monoisotopic (exact) mass is 372 g/mol. The molecule has 130 valence electrons. The molecule has 2 heterocycles. The number of piperidine rings is 1. The van der Waals surface area contributed by atoms with Crippen LogP contribution in [-0.4, -0.2) is 25.0 Å². The molecule has 0 radical (unpaired) electrons. The van der Waals surface area contributed by atoms with E-state index in [9.17, 15) is 13.6 Å². The van der Waals surface area contributed by atoms with Crippen molar-refractivity contribution in [2.24, 2.45) is 0 Å². The van der Waals surface area contributed by atoms with Crippen LogP contribution in [0.25, 0.3) is 0 Å². The molecule has 2 unspecified atom stereocenters. The van der Waals surface area contributed by atoms with Crippen molar-refractivity contribution in [1.82, 2.24) is 10.6 Å². The highest BCUT2D eigenvalue weighted by Crippen LogP contribution is 2.27. The Morgan fingerprint density at radius 3 is 2.75 bits per heavy atom. The SMILES string of the molecule is Cc1cscc1C(=O)NC1CNCCC1c1ccc(F)c(F)c1.Cl. The highest BCUT2D eigenvalue weighted by Gasteiger charge is 2.29. The molecule has 2 N–H and O–H groups in total. The first-order valence-corrected chi connectivity index (χ1v) is 8.50. The summed E-state index contributed by atoms with van der Waals surface area (Å²) in [6, 6.07) is 3.83. The number of thiophene rings is 1. The van der Waals surface area contributed by atoms with Crippen molar-refractivity contribution in [3.8, 4) is 0 Å². The smallest absolute Gasteiger partial charge is 0.252 e. The molecular weight excluding hydrogens is 354 g/mol. The van der Waals surface area contributed by atoms with Gasteiger partial charge < -0.3 is 10.6 Å². The van der Waals surface area contributed by atoms with Crippen LogP contribution in [0.4, 0.5) is 8.78 Å². The fourth-order valence-electron chi connectivity index (χ4n) is 2.99. The fraction of sp³-hybridized carbons (Fsp3) is 0.353. The van der Waals surface area contributed by atoms with Gasteiger partial charge in [-0.2, -0.15) is 11.3 Å². The maximum Gasteiger partial charge on any atom is 0.252 e. The Kier molecular flexibility index (Phi) is 6.32. The third kappa shape index (κ3) is 3.94. The van der Waals surface area contributed by atoms with E-state index in [1.807, 2.05) is 17.7 Å². The van der Waals surface area contributed by atoms with E-state index >= 15 is 0 Å². The number of aryl methyl sites for hydroxylation is 1. The molecule has 0 saturated carbocycles. The first kappa shape index (κ1) is 18.8. The van der Waals surface area contributed by atoms with E-state index in [4.69, 9.17) is 0 Å². The molecule has 1 amide bonds. The van der Waals surface area contributed by atoms with Crippen LogP contribution in [0.2, 0.25) is 0 Å². The number of hydrogen-bond acceptors (Lipinski definition) is 3. The quantitative estimate of drug-likeness (QED) is 0.863. The largest absolute Gasteiger partial charge is 0.347 e. The van der Waals surface area contributed by atoms with Gasteiger partial charge in [0.15, 0.2) is 11.6 Å². The van der Waals surface area contributed by atoms with Crippen molar-refractivity contribution >= 4 is 29.7 Å². The van der Waals surface area contributed by atoms with Crippen molar-refractivity contribution in [3.63, 3.8) is 0 Å². The number of nitrogens with one attached hydrogen (secondary N) is 2. The summed E-state index contributed by atoms with van der Waals surface area (Å²) >= 11 is 1.49. The van der Waals surface area contributed by atoms with Crippen LogP contribution in [0, 0.1) is 18.6 Å². The summed E-state index contributed by atoms with van der Waals surface area (Å²) in [5.41, 5.74) is 2.34. The van der Waals surface area contributed by atoms with Crippen LogP contribution in [0.3, 0.4) is 0 Å². The molecule has 2 atom stereocenters. The Morgan fingerprint density at radius 2 is 2.08 bits per heavy atom. The van der Waals surface area contributed by atoms with Gasteiger partial charge >= 0.3 is 0 Å². The fourth-order valence-corrected chi connectivity index (χ4v) is 3.82. The number of hydrogen-bond donors (Lipinski definition) is 2. The van der Waals surface area contributed by atoms with Crippen molar-refractivity contribution in [3.05, 3.63) is 57.3 Å². The van der Waals surface area contributed by atoms with Gasteiger partial charge in [0.1, 0.15) is 0 Å². The van der Waals surface area contributed by atoms with Crippen LogP contribution < -0.4 is 10.6 Å². The van der Waals surface area contributed by atoms with Crippen LogP contribution in [0.15, 0.2) is 29.0 Å². The molecule has 0 bridgehead atoms. The lowest BCUT2D eigenvalue weighted by Gasteiger charge is -2.33. The number of carbonyl (C=O) groups is 1. The molecule has 2 aromatic rings. The maximum absolute atomic E-state index is 13.5. The average Bonchev–Trinajstić information content (AvgIpc) is 2.97. The van der Waals surface area contributed by atoms with Gasteiger partial charge in [-0.3, -0.25) is 4.79 Å². The lowest BCUT2D eigenvalue weighted by atomic mass is 9.85. The molecule has 1 aliphatic rings. The second-order valence-electron chi connectivity index (χ2n) is 5.82. The molecule has 1 aromatic heterocycles. The van der Waals surface area contributed by atoms with E-state index in [1.165, 1.54) is 17.4 Å². The van der Waals surface area contributed by atoms with E-state index in [0.717, 1.165) is 30.2 Å². The Balaban J connectivity index is 0.00000208. The standard InChI is InChI=1S/C17H18F2N2OS.ClH/c1-10-8-23-9-13(10)17(22)21-16-7-20-5-4-12(16)11-2-3-14(18)15(19)6-11;/h2-3,6,8-9,12,16,20H,4-5,7H2,1H3,(H,21,22);1H. The number of carbonyl (C=O) groups excluding carboxylic acids is 1. The molecule has 3 nitrogen and oxygen atoms in total. The predicted molar refractivity (Wildman–Crippen MR) is 94.1 cm³/mol. The second-order valence-corrected chi connectivity index (χ2v) is 6.56. The number of halogens is 3. The van der Waals surface area contributed by atoms with Crippen LogP contribution in [-0.2, 0) is 0 Å². The van der Waals surface area contributed by atoms with Crippen molar-refractivity contribution in [1.29, 1.82) is 0 Å². The highest BCUT2D eigenvalue weighted by atomic mass is 35.5. The molecule has 0 aliphatic carbocycles. The Labute approximate surface area is 149 Å². The summed E-state index contributed by atoms with van der Waals surface area (Å²) in [6.07, 6.45) is 0.763. The van der Waals surface area contributed by atoms with Gasteiger partial charge in [0.05, 0.1) is 5.56 Å². The minimum absolute atomic E-state index is 0. The number of rotatable bonds is 3. The summed E-state index contributed by atoms with van der Waals surface area (Å²) in [4.78, 5) is 12.4. The van der Waals surface area contributed by atoms with Crippen LogP contribution in [0.5, 0.6) is 0 Å². The normalized spacial score (nSPS) is 20.3. The minimum atomic E-state index is -0.850. The van der Waals surface area contributed by atoms with E-state index in [-0.39, 0.29) is 30.3 Å². The molecule has 1 fully saturated rings. The number of benzene rings is 1. The van der Waals surface area contributed by atoms with Crippen LogP contribution in [0.1, 0.15) is 33.8 Å². The van der Waals surface area contributed by atoms with Crippen LogP contribution >= 0.6 is 23.7 Å². The lowest BCUT2D eigenvalue weighted by Crippen LogP contribution is -2.50. The third-order valence-electron chi connectivity index (χ3n) is 4.27. The summed E-state index contributed by atoms with van der Waals surface area (Å²) < 4.78 is 26.7. The molecule has 1 aliphatic heterocycles. The third-order valence-corrected chi connectivity index (χ3v) is 5.13. The van der Waals surface area contributed by atoms with Crippen molar-refractivity contribution in [2.75, 3.05) is 13.1 Å². The topological polar surface area (TPSA) is 41.1 Å². The molecular formula is C17H19ClF2N2OS. The molecule has 0 spiro atoms. The zero-order valence-corrected chi connectivity index (χ0v) is 14.8. The average molecular weight is 373 g/mol. The maximum atomic E-state index is 13.5. The molecule has 3 rings (SSSR count). The van der Waals surface area contributed by atoms with E-state index in [0.29, 0.717) is 12.1 Å². The van der Waals surface area contributed by atoms with E-state index in [1.54, 1.807) is 6.07 Å². The molecule has 1 aromatic carbocycles. The van der Waals surface area contributed by atoms with Crippen molar-refractivity contribution < 1.29 is 13.6 Å². The first-order chi connectivity index (χ1) is 11.1. The van der Waals surface area contributed by atoms with E-state index < -0.39 is 11.6 Å². The highest BCUT2D eigenvalue weighted by molar-refractivity contribution is 7.08. The zero-order chi connectivity index (χ0) is 16.4. The Bertz CT molecular complexity index is 722. The van der Waals surface area contributed by atoms with Gasteiger partial charge in [-0.15, -0.1) is 12.4 Å². The second kappa shape index (κ2) is 8.05. The van der Waals surface area contributed by atoms with Gasteiger partial charge in [0, 0.05) is 23.9 Å². The van der Waals surface area contributed by atoms with E-state index in [2.05, 4.69) is 10.6 Å². The van der Waals surface area contributed by atoms with Gasteiger partial charge in [0.25, 0.3) is 5.91 Å². The lowest BCUT2D eigenvalue weighted by molar-refractivity contribution is 0.0924. The Morgan fingerprint density at radius 1 is 1.29 bits per heavy atom. The number of amides is 1. The first-order valence-electron chi connectivity index (χ1n) is 7.55. The van der Waals surface area contributed by atoms with Gasteiger partial charge in [-0.25, -0.2) is 8.78 Å². The summed E-state index contributed by atoms with van der Waals surface area (Å²) in [6.45, 7) is 3.30. The van der Waals surface area contributed by atoms with Gasteiger partial charge in [-0.05, 0) is 48.5 Å². The predicted octanol–water partition coefficient (Wildman–Crippen LogP) is 3.63. The molecule has 7 heteroatoms.